The summed E-state index contributed by atoms with van der Waals surface area (Å²) in [5, 5.41) is 2.84. The topological polar surface area (TPSA) is 88.6 Å². The first kappa shape index (κ1) is 15.9. The number of para-hydroxylation sites is 1. The first-order valence-corrected chi connectivity index (χ1v) is 8.62. The molecule has 2 heterocycles. The van der Waals surface area contributed by atoms with E-state index in [1.807, 2.05) is 24.3 Å². The Balaban J connectivity index is 1.46. The van der Waals surface area contributed by atoms with Gasteiger partial charge in [-0.3, -0.25) is 9.59 Å². The Labute approximate surface area is 146 Å². The largest absolute Gasteiger partial charge is 0.459 e. The maximum absolute atomic E-state index is 12.4. The molecule has 1 fully saturated rings. The van der Waals surface area contributed by atoms with Crippen LogP contribution < -0.4 is 16.0 Å². The smallest absolute Gasteiger partial charge is 0.287 e. The molecule has 2 amide bonds. The molecule has 2 aliphatic rings. The van der Waals surface area contributed by atoms with E-state index in [9.17, 15) is 9.59 Å². The SMILES string of the molecule is NC(CNC(=O)c1occc1CN1C(=O)Cc2ccccc21)C1CC1. The second-order valence-corrected chi connectivity index (χ2v) is 6.77. The number of nitrogens with two attached hydrogens (primary N) is 1. The van der Waals surface area contributed by atoms with Crippen LogP contribution in [-0.4, -0.2) is 24.4 Å². The van der Waals surface area contributed by atoms with E-state index >= 15 is 0 Å². The molecule has 1 aliphatic carbocycles. The molecule has 6 heteroatoms. The van der Waals surface area contributed by atoms with Crippen molar-refractivity contribution in [1.82, 2.24) is 5.32 Å². The van der Waals surface area contributed by atoms with Crippen molar-refractivity contribution in [3.63, 3.8) is 0 Å². The van der Waals surface area contributed by atoms with E-state index in [0.29, 0.717) is 31.0 Å². The Bertz CT molecular complexity index is 810. The summed E-state index contributed by atoms with van der Waals surface area (Å²) in [4.78, 5) is 26.4. The number of carbonyl (C=O) groups excluding carboxylic acids is 2. The molecule has 130 valence electrons. The summed E-state index contributed by atoms with van der Waals surface area (Å²) in [7, 11) is 0. The Morgan fingerprint density at radius 2 is 2.12 bits per heavy atom. The van der Waals surface area contributed by atoms with E-state index in [-0.39, 0.29) is 23.6 Å². The minimum Gasteiger partial charge on any atom is -0.459 e. The number of nitrogens with zero attached hydrogens (tertiary/aromatic N) is 1. The lowest BCUT2D eigenvalue weighted by molar-refractivity contribution is -0.117. The van der Waals surface area contributed by atoms with Crippen LogP contribution in [0.4, 0.5) is 5.69 Å². The van der Waals surface area contributed by atoms with E-state index in [1.54, 1.807) is 11.0 Å². The number of hydrogen-bond acceptors (Lipinski definition) is 4. The van der Waals surface area contributed by atoms with E-state index in [4.69, 9.17) is 10.2 Å². The fourth-order valence-corrected chi connectivity index (χ4v) is 3.30. The van der Waals surface area contributed by atoms with E-state index < -0.39 is 0 Å². The van der Waals surface area contributed by atoms with Gasteiger partial charge >= 0.3 is 0 Å². The third-order valence-corrected chi connectivity index (χ3v) is 4.93. The standard InChI is InChI=1S/C19H21N3O3/c20-15(12-5-6-12)10-21-19(24)18-14(7-8-25-18)11-22-16-4-2-1-3-13(16)9-17(22)23/h1-4,7-8,12,15H,5-6,9-11,20H2,(H,21,24). The number of fused-ring (bicyclic) bond motifs is 1. The maximum atomic E-state index is 12.4. The minimum absolute atomic E-state index is 0.00519. The van der Waals surface area contributed by atoms with E-state index in [2.05, 4.69) is 5.32 Å². The van der Waals surface area contributed by atoms with Gasteiger partial charge in [0, 0.05) is 23.8 Å². The molecular weight excluding hydrogens is 318 g/mol. The van der Waals surface area contributed by atoms with Crippen LogP contribution in [0.3, 0.4) is 0 Å². The molecule has 1 saturated carbocycles. The third kappa shape index (κ3) is 3.17. The van der Waals surface area contributed by atoms with Gasteiger partial charge in [0.25, 0.3) is 5.91 Å². The van der Waals surface area contributed by atoms with Crippen LogP contribution in [0.2, 0.25) is 0 Å². The number of amides is 2. The minimum atomic E-state index is -0.281. The van der Waals surface area contributed by atoms with Crippen molar-refractivity contribution in [2.45, 2.75) is 31.8 Å². The summed E-state index contributed by atoms with van der Waals surface area (Å²) in [6.07, 6.45) is 4.16. The molecule has 3 N–H and O–H groups in total. The Hall–Kier alpha value is -2.60. The Morgan fingerprint density at radius 1 is 1.32 bits per heavy atom. The summed E-state index contributed by atoms with van der Waals surface area (Å²) in [6.45, 7) is 0.763. The van der Waals surface area contributed by atoms with Crippen LogP contribution in [0, 0.1) is 5.92 Å². The van der Waals surface area contributed by atoms with Gasteiger partial charge in [-0.2, -0.15) is 0 Å². The molecule has 0 saturated heterocycles. The molecule has 0 spiro atoms. The van der Waals surface area contributed by atoms with Gasteiger partial charge in [-0.1, -0.05) is 18.2 Å². The lowest BCUT2D eigenvalue weighted by atomic mass is 10.1. The zero-order valence-electron chi connectivity index (χ0n) is 13.9. The second-order valence-electron chi connectivity index (χ2n) is 6.77. The fraction of sp³-hybridized carbons (Fsp3) is 0.368. The second kappa shape index (κ2) is 6.37. The molecule has 1 unspecified atom stereocenters. The van der Waals surface area contributed by atoms with Gasteiger partial charge in [0.1, 0.15) is 0 Å². The molecule has 1 aromatic carbocycles. The number of benzene rings is 1. The molecule has 1 atom stereocenters. The van der Waals surface area contributed by atoms with Crippen molar-refractivity contribution in [3.05, 3.63) is 53.5 Å². The maximum Gasteiger partial charge on any atom is 0.287 e. The first-order valence-electron chi connectivity index (χ1n) is 8.62. The van der Waals surface area contributed by atoms with Crippen molar-refractivity contribution >= 4 is 17.5 Å². The Kier molecular flexibility index (Phi) is 4.05. The number of nitrogens with one attached hydrogen (secondary N) is 1. The zero-order chi connectivity index (χ0) is 17.4. The quantitative estimate of drug-likeness (QED) is 0.840. The van der Waals surface area contributed by atoms with E-state index in [1.165, 1.54) is 6.26 Å². The van der Waals surface area contributed by atoms with Crippen LogP contribution in [0.15, 0.2) is 41.0 Å². The van der Waals surface area contributed by atoms with Crippen LogP contribution in [0.1, 0.15) is 34.5 Å². The first-order chi connectivity index (χ1) is 12.1. The van der Waals surface area contributed by atoms with E-state index in [0.717, 1.165) is 24.1 Å². The summed E-state index contributed by atoms with van der Waals surface area (Å²) >= 11 is 0. The van der Waals surface area contributed by atoms with Crippen LogP contribution >= 0.6 is 0 Å². The molecule has 6 nitrogen and oxygen atoms in total. The number of furan rings is 1. The number of rotatable bonds is 6. The summed E-state index contributed by atoms with van der Waals surface area (Å²) in [5.74, 6) is 0.524. The van der Waals surface area contributed by atoms with Crippen molar-refractivity contribution in [2.75, 3.05) is 11.4 Å². The molecule has 0 radical (unpaired) electrons. The molecule has 2 aromatic rings. The summed E-state index contributed by atoms with van der Waals surface area (Å²) in [6, 6.07) is 9.45. The Morgan fingerprint density at radius 3 is 2.92 bits per heavy atom. The number of anilines is 1. The highest BCUT2D eigenvalue weighted by Crippen LogP contribution is 2.32. The van der Waals surface area contributed by atoms with Crippen molar-refractivity contribution < 1.29 is 14.0 Å². The predicted molar refractivity (Wildman–Crippen MR) is 93.1 cm³/mol. The monoisotopic (exact) mass is 339 g/mol. The van der Waals surface area contributed by atoms with Gasteiger partial charge in [-0.15, -0.1) is 0 Å². The fourth-order valence-electron chi connectivity index (χ4n) is 3.30. The molecular formula is C19H21N3O3. The molecule has 1 aromatic heterocycles. The van der Waals surface area contributed by atoms with Crippen molar-refractivity contribution in [1.29, 1.82) is 0 Å². The van der Waals surface area contributed by atoms with Crippen LogP contribution in [-0.2, 0) is 17.8 Å². The zero-order valence-corrected chi connectivity index (χ0v) is 13.9. The van der Waals surface area contributed by atoms with Gasteiger partial charge in [-0.25, -0.2) is 0 Å². The van der Waals surface area contributed by atoms with Crippen molar-refractivity contribution in [3.8, 4) is 0 Å². The summed E-state index contributed by atoms with van der Waals surface area (Å²) in [5.41, 5.74) is 8.63. The lowest BCUT2D eigenvalue weighted by Crippen LogP contribution is -2.39. The summed E-state index contributed by atoms with van der Waals surface area (Å²) < 4.78 is 5.38. The van der Waals surface area contributed by atoms with Gasteiger partial charge in [0.05, 0.1) is 19.2 Å². The van der Waals surface area contributed by atoms with Gasteiger partial charge in [0.2, 0.25) is 5.91 Å². The normalized spacial score (nSPS) is 17.5. The molecule has 25 heavy (non-hydrogen) atoms. The van der Waals surface area contributed by atoms with Gasteiger partial charge < -0.3 is 20.4 Å². The third-order valence-electron chi connectivity index (χ3n) is 4.93. The van der Waals surface area contributed by atoms with Crippen LogP contribution in [0.5, 0.6) is 0 Å². The molecule has 4 rings (SSSR count). The highest BCUT2D eigenvalue weighted by molar-refractivity contribution is 6.01. The van der Waals surface area contributed by atoms with Gasteiger partial charge in [-0.05, 0) is 36.5 Å². The highest BCUT2D eigenvalue weighted by atomic mass is 16.3. The van der Waals surface area contributed by atoms with Crippen molar-refractivity contribution in [2.24, 2.45) is 11.7 Å². The lowest BCUT2D eigenvalue weighted by Gasteiger charge is -2.17. The molecule has 0 bridgehead atoms. The number of carbonyl (C=O) groups is 2. The average molecular weight is 339 g/mol. The highest BCUT2D eigenvalue weighted by Gasteiger charge is 2.30. The van der Waals surface area contributed by atoms with Gasteiger partial charge in [0.15, 0.2) is 5.76 Å². The number of hydrogen-bond donors (Lipinski definition) is 2. The predicted octanol–water partition coefficient (Wildman–Crippen LogP) is 1.84. The average Bonchev–Trinajstić information content (AvgIpc) is 3.28. The van der Waals surface area contributed by atoms with Crippen LogP contribution in [0.25, 0.3) is 0 Å². The molecule has 1 aliphatic heterocycles.